The minimum atomic E-state index is -0.835. The SMILES string of the molecule is CCC1(C)NC(=O)CN(Cc2c(C)nn(C)c2Cl)C1=O. The van der Waals surface area contributed by atoms with Gasteiger partial charge in [0, 0.05) is 12.6 Å². The molecule has 1 aromatic rings. The monoisotopic (exact) mass is 298 g/mol. The molecule has 0 bridgehead atoms. The number of piperazine rings is 1. The van der Waals surface area contributed by atoms with Crippen LogP contribution in [-0.4, -0.2) is 38.6 Å². The Morgan fingerprint density at radius 3 is 2.60 bits per heavy atom. The summed E-state index contributed by atoms with van der Waals surface area (Å²) in [6, 6.07) is 0. The lowest BCUT2D eigenvalue weighted by atomic mass is 9.94. The minimum absolute atomic E-state index is 0.0546. The average molecular weight is 299 g/mol. The molecule has 2 rings (SSSR count). The summed E-state index contributed by atoms with van der Waals surface area (Å²) in [5.74, 6) is -0.231. The molecule has 20 heavy (non-hydrogen) atoms. The fraction of sp³-hybridized carbons (Fsp3) is 0.615. The lowest BCUT2D eigenvalue weighted by molar-refractivity contribution is -0.149. The van der Waals surface area contributed by atoms with Crippen LogP contribution in [-0.2, 0) is 23.2 Å². The third-order valence-electron chi connectivity index (χ3n) is 3.83. The molecule has 6 nitrogen and oxygen atoms in total. The number of rotatable bonds is 3. The molecule has 110 valence electrons. The topological polar surface area (TPSA) is 67.2 Å². The maximum atomic E-state index is 12.5. The van der Waals surface area contributed by atoms with Gasteiger partial charge in [0.15, 0.2) is 0 Å². The van der Waals surface area contributed by atoms with Gasteiger partial charge in [0.2, 0.25) is 11.8 Å². The number of carbonyl (C=O) groups is 2. The molecular formula is C13H19ClN4O2. The number of hydrogen-bond acceptors (Lipinski definition) is 3. The number of aromatic nitrogens is 2. The van der Waals surface area contributed by atoms with Crippen molar-refractivity contribution in [2.45, 2.75) is 39.3 Å². The molecule has 1 atom stereocenters. The van der Waals surface area contributed by atoms with E-state index < -0.39 is 5.54 Å². The van der Waals surface area contributed by atoms with Gasteiger partial charge in [-0.15, -0.1) is 0 Å². The quantitative estimate of drug-likeness (QED) is 0.905. The Balaban J connectivity index is 2.28. The van der Waals surface area contributed by atoms with Crippen molar-refractivity contribution >= 4 is 23.4 Å². The van der Waals surface area contributed by atoms with E-state index in [0.717, 1.165) is 11.3 Å². The van der Waals surface area contributed by atoms with Gasteiger partial charge in [0.1, 0.15) is 10.7 Å². The zero-order valence-electron chi connectivity index (χ0n) is 12.2. The Morgan fingerprint density at radius 2 is 2.10 bits per heavy atom. The minimum Gasteiger partial charge on any atom is -0.340 e. The second kappa shape index (κ2) is 5.09. The van der Waals surface area contributed by atoms with E-state index >= 15 is 0 Å². The first-order chi connectivity index (χ1) is 9.28. The first-order valence-corrected chi connectivity index (χ1v) is 6.94. The number of halogens is 1. The highest BCUT2D eigenvalue weighted by atomic mass is 35.5. The lowest BCUT2D eigenvalue weighted by Crippen LogP contribution is -2.64. The molecule has 1 unspecified atom stereocenters. The Kier molecular flexibility index (Phi) is 3.77. The van der Waals surface area contributed by atoms with Crippen LogP contribution in [0.1, 0.15) is 31.5 Å². The number of nitrogens with zero attached hydrogens (tertiary/aromatic N) is 3. The van der Waals surface area contributed by atoms with Gasteiger partial charge in [-0.05, 0) is 20.3 Å². The largest absolute Gasteiger partial charge is 0.340 e. The number of carbonyl (C=O) groups excluding carboxylic acids is 2. The molecule has 0 saturated carbocycles. The standard InChI is InChI=1S/C13H19ClN4O2/c1-5-13(3)12(20)18(7-10(19)15-13)6-9-8(2)16-17(4)11(9)14/h5-7H2,1-4H3,(H,15,19). The molecule has 1 aliphatic rings. The van der Waals surface area contributed by atoms with Crippen LogP contribution in [0.3, 0.4) is 0 Å². The third-order valence-corrected chi connectivity index (χ3v) is 4.31. The van der Waals surface area contributed by atoms with Gasteiger partial charge < -0.3 is 10.2 Å². The maximum absolute atomic E-state index is 12.5. The van der Waals surface area contributed by atoms with Crippen LogP contribution in [0.2, 0.25) is 5.15 Å². The van der Waals surface area contributed by atoms with Gasteiger partial charge in [0.25, 0.3) is 0 Å². The zero-order valence-corrected chi connectivity index (χ0v) is 12.9. The van der Waals surface area contributed by atoms with Crippen molar-refractivity contribution in [3.8, 4) is 0 Å². The van der Waals surface area contributed by atoms with Gasteiger partial charge in [-0.2, -0.15) is 5.10 Å². The second-order valence-electron chi connectivity index (χ2n) is 5.37. The average Bonchev–Trinajstić information content (AvgIpc) is 2.62. The Labute approximate surface area is 123 Å². The summed E-state index contributed by atoms with van der Waals surface area (Å²) in [4.78, 5) is 25.8. The first kappa shape index (κ1) is 14.8. The van der Waals surface area contributed by atoms with Gasteiger partial charge in [-0.1, -0.05) is 18.5 Å². The highest BCUT2D eigenvalue weighted by Gasteiger charge is 2.41. The molecule has 1 aliphatic heterocycles. The molecular weight excluding hydrogens is 280 g/mol. The van der Waals surface area contributed by atoms with Crippen molar-refractivity contribution in [1.29, 1.82) is 0 Å². The summed E-state index contributed by atoms with van der Waals surface area (Å²) in [5, 5.41) is 7.48. The fourth-order valence-corrected chi connectivity index (χ4v) is 2.64. The van der Waals surface area contributed by atoms with Crippen LogP contribution < -0.4 is 5.32 Å². The van der Waals surface area contributed by atoms with Crippen molar-refractivity contribution < 1.29 is 9.59 Å². The van der Waals surface area contributed by atoms with E-state index in [4.69, 9.17) is 11.6 Å². The number of amides is 2. The molecule has 0 radical (unpaired) electrons. The Hall–Kier alpha value is -1.56. The van der Waals surface area contributed by atoms with Crippen molar-refractivity contribution in [3.05, 3.63) is 16.4 Å². The van der Waals surface area contributed by atoms with E-state index in [0.29, 0.717) is 18.1 Å². The molecule has 1 aromatic heterocycles. The molecule has 2 heterocycles. The summed E-state index contributed by atoms with van der Waals surface area (Å²) in [6.45, 7) is 5.83. The second-order valence-corrected chi connectivity index (χ2v) is 5.73. The van der Waals surface area contributed by atoms with E-state index in [9.17, 15) is 9.59 Å². The first-order valence-electron chi connectivity index (χ1n) is 6.57. The highest BCUT2D eigenvalue weighted by molar-refractivity contribution is 6.30. The smallest absolute Gasteiger partial charge is 0.248 e. The van der Waals surface area contributed by atoms with Crippen LogP contribution in [0.5, 0.6) is 0 Å². The highest BCUT2D eigenvalue weighted by Crippen LogP contribution is 2.24. The molecule has 1 saturated heterocycles. The summed E-state index contributed by atoms with van der Waals surface area (Å²) in [6.07, 6.45) is 0.549. The molecule has 1 N–H and O–H groups in total. The molecule has 0 aromatic carbocycles. The van der Waals surface area contributed by atoms with Crippen LogP contribution in [0.25, 0.3) is 0 Å². The van der Waals surface area contributed by atoms with Gasteiger partial charge >= 0.3 is 0 Å². The Bertz CT molecular complexity index is 569. The van der Waals surface area contributed by atoms with E-state index in [1.54, 1.807) is 18.7 Å². The normalized spacial score (nSPS) is 23.1. The summed E-state index contributed by atoms with van der Waals surface area (Å²) >= 11 is 6.18. The number of nitrogens with one attached hydrogen (secondary N) is 1. The molecule has 0 aliphatic carbocycles. The third kappa shape index (κ3) is 2.40. The van der Waals surface area contributed by atoms with E-state index in [1.807, 2.05) is 13.8 Å². The molecule has 7 heteroatoms. The molecule has 1 fully saturated rings. The van der Waals surface area contributed by atoms with Crippen LogP contribution in [0, 0.1) is 6.92 Å². The van der Waals surface area contributed by atoms with Crippen LogP contribution in [0.15, 0.2) is 0 Å². The Morgan fingerprint density at radius 1 is 1.45 bits per heavy atom. The van der Waals surface area contributed by atoms with Gasteiger partial charge in [0.05, 0.1) is 18.8 Å². The number of aryl methyl sites for hydroxylation is 2. The summed E-state index contributed by atoms with van der Waals surface area (Å²) in [7, 11) is 1.75. The van der Waals surface area contributed by atoms with Crippen molar-refractivity contribution in [1.82, 2.24) is 20.0 Å². The van der Waals surface area contributed by atoms with Crippen molar-refractivity contribution in [2.75, 3.05) is 6.54 Å². The lowest BCUT2D eigenvalue weighted by Gasteiger charge is -2.39. The molecule has 0 spiro atoms. The molecule has 2 amide bonds. The summed E-state index contributed by atoms with van der Waals surface area (Å²) in [5.41, 5.74) is 0.725. The van der Waals surface area contributed by atoms with Gasteiger partial charge in [-0.25, -0.2) is 0 Å². The van der Waals surface area contributed by atoms with Crippen LogP contribution in [0.4, 0.5) is 0 Å². The predicted molar refractivity (Wildman–Crippen MR) is 75.2 cm³/mol. The fourth-order valence-electron chi connectivity index (χ4n) is 2.41. The maximum Gasteiger partial charge on any atom is 0.248 e. The predicted octanol–water partition coefficient (Wildman–Crippen LogP) is 1.01. The number of hydrogen-bond donors (Lipinski definition) is 1. The van der Waals surface area contributed by atoms with Gasteiger partial charge in [-0.3, -0.25) is 14.3 Å². The summed E-state index contributed by atoms with van der Waals surface area (Å²) < 4.78 is 1.57. The van der Waals surface area contributed by atoms with Crippen molar-refractivity contribution in [2.24, 2.45) is 7.05 Å². The van der Waals surface area contributed by atoms with Crippen LogP contribution >= 0.6 is 11.6 Å². The van der Waals surface area contributed by atoms with Crippen molar-refractivity contribution in [3.63, 3.8) is 0 Å². The van der Waals surface area contributed by atoms with E-state index in [-0.39, 0.29) is 18.4 Å². The van der Waals surface area contributed by atoms with E-state index in [2.05, 4.69) is 10.4 Å². The van der Waals surface area contributed by atoms with E-state index in [1.165, 1.54) is 4.90 Å². The zero-order chi connectivity index (χ0) is 15.1.